The van der Waals surface area contributed by atoms with Crippen molar-refractivity contribution in [1.82, 2.24) is 0 Å². The van der Waals surface area contributed by atoms with E-state index in [4.69, 9.17) is 5.11 Å². The van der Waals surface area contributed by atoms with Crippen LogP contribution in [0.1, 0.15) is 60.9 Å². The van der Waals surface area contributed by atoms with Crippen LogP contribution >= 0.6 is 0 Å². The predicted octanol–water partition coefficient (Wildman–Crippen LogP) is 3.64. The molecule has 0 unspecified atom stereocenters. The number of aliphatic hydroxyl groups is 1. The van der Waals surface area contributed by atoms with Gasteiger partial charge < -0.3 is 10.2 Å². The van der Waals surface area contributed by atoms with Crippen molar-refractivity contribution in [2.75, 3.05) is 6.61 Å². The van der Waals surface area contributed by atoms with E-state index in [1.54, 1.807) is 0 Å². The maximum Gasteiger partial charge on any atom is 0.336 e. The number of aliphatic hydroxyl groups excluding tert-OH is 1. The highest BCUT2D eigenvalue weighted by molar-refractivity contribution is 5.90. The number of benzene rings is 1. The van der Waals surface area contributed by atoms with E-state index in [1.165, 1.54) is 0 Å². The first-order valence-electron chi connectivity index (χ1n) is 7.75. The Balaban J connectivity index is 2.01. The molecule has 0 atom stereocenters. The van der Waals surface area contributed by atoms with E-state index < -0.39 is 23.0 Å². The van der Waals surface area contributed by atoms with Gasteiger partial charge >= 0.3 is 5.97 Å². The van der Waals surface area contributed by atoms with E-state index in [2.05, 4.69) is 0 Å². The van der Waals surface area contributed by atoms with Crippen LogP contribution in [0.2, 0.25) is 0 Å². The number of halogens is 2. The molecule has 0 spiro atoms. The second-order valence-electron chi connectivity index (χ2n) is 6.90. The third-order valence-electron chi connectivity index (χ3n) is 5.66. The predicted molar refractivity (Wildman–Crippen MR) is 76.8 cm³/mol. The summed E-state index contributed by atoms with van der Waals surface area (Å²) in [5.41, 5.74) is -0.456. The molecule has 1 aromatic carbocycles. The van der Waals surface area contributed by atoms with Crippen LogP contribution in [0, 0.1) is 17.0 Å². The lowest BCUT2D eigenvalue weighted by atomic mass is 9.75. The van der Waals surface area contributed by atoms with Gasteiger partial charge in [0.2, 0.25) is 0 Å². The smallest absolute Gasteiger partial charge is 0.336 e. The third kappa shape index (κ3) is 2.32. The molecule has 0 amide bonds. The molecule has 0 radical (unpaired) electrons. The minimum atomic E-state index is -1.28. The van der Waals surface area contributed by atoms with E-state index in [9.17, 15) is 18.7 Å². The van der Waals surface area contributed by atoms with Gasteiger partial charge in [-0.2, -0.15) is 0 Å². The molecule has 0 saturated heterocycles. The highest BCUT2D eigenvalue weighted by atomic mass is 19.1. The van der Waals surface area contributed by atoms with Crippen molar-refractivity contribution < 1.29 is 23.8 Å². The Morgan fingerprint density at radius 1 is 1.18 bits per heavy atom. The molecule has 0 heterocycles. The van der Waals surface area contributed by atoms with Crippen LogP contribution < -0.4 is 0 Å². The van der Waals surface area contributed by atoms with Crippen molar-refractivity contribution in [2.45, 2.75) is 50.4 Å². The van der Waals surface area contributed by atoms with Crippen LogP contribution in [0.15, 0.2) is 12.1 Å². The number of hydrogen-bond donors (Lipinski definition) is 2. The summed E-state index contributed by atoms with van der Waals surface area (Å²) >= 11 is 0. The average Bonchev–Trinajstić information content (AvgIpc) is 3.01. The van der Waals surface area contributed by atoms with Crippen molar-refractivity contribution in [3.8, 4) is 0 Å². The fourth-order valence-corrected chi connectivity index (χ4v) is 4.74. The van der Waals surface area contributed by atoms with Gasteiger partial charge in [-0.25, -0.2) is 13.6 Å². The number of rotatable bonds is 5. The van der Waals surface area contributed by atoms with Crippen molar-refractivity contribution in [1.29, 1.82) is 0 Å². The molecule has 0 aromatic heterocycles. The molecule has 2 aliphatic rings. The standard InChI is InChI=1S/C17H20F2O3/c18-11-8-12(15(21)22)14(13(19)9-11)17-5-3-16(10-17,4-6-17)2-1-7-20/h8-9,20H,1-7,10H2,(H,21,22). The summed E-state index contributed by atoms with van der Waals surface area (Å²) in [6.07, 6.45) is 5.65. The molecule has 2 bridgehead atoms. The molecule has 2 fully saturated rings. The van der Waals surface area contributed by atoms with Crippen LogP contribution in [0.3, 0.4) is 0 Å². The summed E-state index contributed by atoms with van der Waals surface area (Å²) in [5, 5.41) is 18.4. The minimum absolute atomic E-state index is 0.0827. The molecule has 120 valence electrons. The molecule has 2 aliphatic carbocycles. The first-order valence-corrected chi connectivity index (χ1v) is 7.75. The topological polar surface area (TPSA) is 57.5 Å². The minimum Gasteiger partial charge on any atom is -0.478 e. The Morgan fingerprint density at radius 2 is 1.86 bits per heavy atom. The number of carboxylic acids is 1. The van der Waals surface area contributed by atoms with Crippen LogP contribution in [-0.2, 0) is 5.41 Å². The van der Waals surface area contributed by atoms with Gasteiger partial charge in [0.25, 0.3) is 0 Å². The summed E-state index contributed by atoms with van der Waals surface area (Å²) in [7, 11) is 0. The largest absolute Gasteiger partial charge is 0.478 e. The summed E-state index contributed by atoms with van der Waals surface area (Å²) in [6, 6.07) is 1.73. The zero-order valence-electron chi connectivity index (χ0n) is 12.4. The van der Waals surface area contributed by atoms with E-state index in [1.807, 2.05) is 0 Å². The SMILES string of the molecule is O=C(O)c1cc(F)cc(F)c1C12CCC(CCCO)(CC1)C2. The lowest BCUT2D eigenvalue weighted by Crippen LogP contribution is -2.25. The highest BCUT2D eigenvalue weighted by Gasteiger charge is 2.56. The van der Waals surface area contributed by atoms with Crippen LogP contribution in [0.25, 0.3) is 0 Å². The molecular formula is C17H20F2O3. The fraction of sp³-hybridized carbons (Fsp3) is 0.588. The quantitative estimate of drug-likeness (QED) is 0.873. The number of carbonyl (C=O) groups is 1. The van der Waals surface area contributed by atoms with Gasteiger partial charge in [-0.15, -0.1) is 0 Å². The van der Waals surface area contributed by atoms with Gasteiger partial charge in [-0.05, 0) is 61.8 Å². The Hall–Kier alpha value is -1.49. The monoisotopic (exact) mass is 310 g/mol. The van der Waals surface area contributed by atoms with Crippen molar-refractivity contribution in [2.24, 2.45) is 5.41 Å². The van der Waals surface area contributed by atoms with E-state index in [-0.39, 0.29) is 23.1 Å². The van der Waals surface area contributed by atoms with Crippen LogP contribution in [-0.4, -0.2) is 22.8 Å². The van der Waals surface area contributed by atoms with E-state index >= 15 is 0 Å². The molecule has 5 heteroatoms. The van der Waals surface area contributed by atoms with E-state index in [0.29, 0.717) is 6.42 Å². The van der Waals surface area contributed by atoms with Crippen molar-refractivity contribution >= 4 is 5.97 Å². The normalized spacial score (nSPS) is 30.0. The summed E-state index contributed by atoms with van der Waals surface area (Å²) in [6.45, 7) is 0.139. The summed E-state index contributed by atoms with van der Waals surface area (Å²) < 4.78 is 27.8. The summed E-state index contributed by atoms with van der Waals surface area (Å²) in [5.74, 6) is -2.86. The van der Waals surface area contributed by atoms with Crippen LogP contribution in [0.5, 0.6) is 0 Å². The molecule has 1 aromatic rings. The van der Waals surface area contributed by atoms with Gasteiger partial charge in [0.15, 0.2) is 0 Å². The molecular weight excluding hydrogens is 290 g/mol. The number of carboxylic acid groups (broad SMARTS) is 1. The Kier molecular flexibility index (Phi) is 3.71. The second-order valence-corrected chi connectivity index (χ2v) is 6.90. The van der Waals surface area contributed by atoms with Gasteiger partial charge in [0.05, 0.1) is 5.56 Å². The molecule has 2 N–H and O–H groups in total. The van der Waals surface area contributed by atoms with Crippen LogP contribution in [0.4, 0.5) is 8.78 Å². The first-order chi connectivity index (χ1) is 10.4. The number of aromatic carboxylic acids is 1. The lowest BCUT2D eigenvalue weighted by Gasteiger charge is -2.29. The van der Waals surface area contributed by atoms with Gasteiger partial charge in [0, 0.05) is 18.2 Å². The number of hydrogen-bond acceptors (Lipinski definition) is 2. The summed E-state index contributed by atoms with van der Waals surface area (Å²) in [4.78, 5) is 11.4. The third-order valence-corrected chi connectivity index (χ3v) is 5.66. The molecule has 2 saturated carbocycles. The maximum atomic E-state index is 14.4. The number of fused-ring (bicyclic) bond motifs is 2. The molecule has 3 nitrogen and oxygen atoms in total. The van der Waals surface area contributed by atoms with Gasteiger partial charge in [-0.1, -0.05) is 0 Å². The second kappa shape index (κ2) is 5.30. The zero-order valence-corrected chi connectivity index (χ0v) is 12.4. The first kappa shape index (κ1) is 15.4. The fourth-order valence-electron chi connectivity index (χ4n) is 4.74. The Bertz CT molecular complexity index is 604. The van der Waals surface area contributed by atoms with Crippen molar-refractivity contribution in [3.05, 3.63) is 34.9 Å². The van der Waals surface area contributed by atoms with Crippen molar-refractivity contribution in [3.63, 3.8) is 0 Å². The molecule has 0 aliphatic heterocycles. The average molecular weight is 310 g/mol. The Labute approximate surface area is 128 Å². The van der Waals surface area contributed by atoms with E-state index in [0.717, 1.165) is 50.7 Å². The molecule has 3 rings (SSSR count). The lowest BCUT2D eigenvalue weighted by molar-refractivity contribution is 0.0692. The molecule has 22 heavy (non-hydrogen) atoms. The maximum absolute atomic E-state index is 14.4. The Morgan fingerprint density at radius 3 is 2.45 bits per heavy atom. The zero-order chi connectivity index (χ0) is 16.0. The van der Waals surface area contributed by atoms with Gasteiger partial charge in [-0.3, -0.25) is 0 Å². The highest BCUT2D eigenvalue weighted by Crippen LogP contribution is 2.64. The van der Waals surface area contributed by atoms with Gasteiger partial charge in [0.1, 0.15) is 11.6 Å².